The van der Waals surface area contributed by atoms with E-state index >= 15 is 0 Å². The summed E-state index contributed by atoms with van der Waals surface area (Å²) in [4.78, 5) is 25.3. The highest BCUT2D eigenvalue weighted by Gasteiger charge is 2.30. The van der Waals surface area contributed by atoms with E-state index in [1.807, 2.05) is 60.7 Å². The number of morpholine rings is 1. The van der Waals surface area contributed by atoms with Gasteiger partial charge in [-0.2, -0.15) is 0 Å². The first kappa shape index (κ1) is 17.9. The van der Waals surface area contributed by atoms with E-state index < -0.39 is 12.1 Å². The summed E-state index contributed by atoms with van der Waals surface area (Å²) in [5.74, 6) is -1.05. The summed E-state index contributed by atoms with van der Waals surface area (Å²) in [5, 5.41) is 12.2. The van der Waals surface area contributed by atoms with Gasteiger partial charge < -0.3 is 20.1 Å². The van der Waals surface area contributed by atoms with Crippen molar-refractivity contribution in [1.29, 1.82) is 0 Å². The normalized spacial score (nSPS) is 18.2. The van der Waals surface area contributed by atoms with Gasteiger partial charge in [0.05, 0.1) is 19.2 Å². The maximum absolute atomic E-state index is 12.7. The largest absolute Gasteiger partial charge is 0.479 e. The van der Waals surface area contributed by atoms with Gasteiger partial charge in [-0.05, 0) is 17.5 Å². The van der Waals surface area contributed by atoms with Gasteiger partial charge in [-0.25, -0.2) is 9.59 Å². The highest BCUT2D eigenvalue weighted by atomic mass is 16.5. The van der Waals surface area contributed by atoms with Crippen LogP contribution in [0.2, 0.25) is 0 Å². The Labute approximate surface area is 152 Å². The van der Waals surface area contributed by atoms with Crippen LogP contribution in [-0.4, -0.2) is 47.8 Å². The Morgan fingerprint density at radius 2 is 1.77 bits per heavy atom. The van der Waals surface area contributed by atoms with E-state index in [4.69, 9.17) is 9.84 Å². The van der Waals surface area contributed by atoms with Crippen LogP contribution in [-0.2, 0) is 16.0 Å². The van der Waals surface area contributed by atoms with E-state index in [1.165, 1.54) is 4.90 Å². The van der Waals surface area contributed by atoms with Crippen LogP contribution in [0.1, 0.15) is 17.2 Å². The van der Waals surface area contributed by atoms with Crippen molar-refractivity contribution in [2.24, 2.45) is 0 Å². The second kappa shape index (κ2) is 8.49. The number of carboxylic acid groups (broad SMARTS) is 1. The number of rotatable bonds is 5. The maximum Gasteiger partial charge on any atom is 0.334 e. The zero-order valence-corrected chi connectivity index (χ0v) is 14.4. The Balaban J connectivity index is 1.72. The molecule has 1 aliphatic rings. The number of aliphatic carboxylic acids is 1. The first-order valence-corrected chi connectivity index (χ1v) is 8.62. The first-order valence-electron chi connectivity index (χ1n) is 8.62. The third-order valence-electron chi connectivity index (χ3n) is 4.41. The van der Waals surface area contributed by atoms with Gasteiger partial charge in [-0.15, -0.1) is 0 Å². The number of carbonyl (C=O) groups excluding carboxylic acids is 1. The molecule has 6 nitrogen and oxygen atoms in total. The summed E-state index contributed by atoms with van der Waals surface area (Å²) in [6.45, 7) is 0.648. The fraction of sp³-hybridized carbons (Fsp3) is 0.300. The Morgan fingerprint density at radius 1 is 1.12 bits per heavy atom. The Morgan fingerprint density at radius 3 is 2.42 bits per heavy atom. The summed E-state index contributed by atoms with van der Waals surface area (Å²) >= 11 is 0. The molecule has 0 radical (unpaired) electrons. The lowest BCUT2D eigenvalue weighted by Gasteiger charge is -2.32. The van der Waals surface area contributed by atoms with Crippen molar-refractivity contribution in [2.45, 2.75) is 18.6 Å². The molecule has 0 spiro atoms. The van der Waals surface area contributed by atoms with Crippen molar-refractivity contribution < 1.29 is 19.4 Å². The van der Waals surface area contributed by atoms with E-state index in [0.717, 1.165) is 11.1 Å². The number of nitrogens with one attached hydrogen (secondary N) is 1. The number of nitrogens with zero attached hydrogens (tertiary/aromatic N) is 1. The molecule has 1 aliphatic heterocycles. The van der Waals surface area contributed by atoms with Gasteiger partial charge in [0.1, 0.15) is 0 Å². The van der Waals surface area contributed by atoms with Crippen molar-refractivity contribution >= 4 is 12.0 Å². The number of carboxylic acids is 1. The van der Waals surface area contributed by atoms with E-state index in [0.29, 0.717) is 13.0 Å². The SMILES string of the molecule is O=C(O)C1CN(C(=O)NC(Cc2ccccc2)c2ccccc2)CCO1. The fourth-order valence-corrected chi connectivity index (χ4v) is 3.01. The average Bonchev–Trinajstić information content (AvgIpc) is 2.69. The molecular weight excluding hydrogens is 332 g/mol. The standard InChI is InChI=1S/C20H22N2O4/c23-19(24)18-14-22(11-12-26-18)20(25)21-17(16-9-5-2-6-10-16)13-15-7-3-1-4-8-15/h1-10,17-18H,11-14H2,(H,21,25)(H,23,24). The molecule has 2 aromatic carbocycles. The topological polar surface area (TPSA) is 78.9 Å². The zero-order valence-electron chi connectivity index (χ0n) is 14.4. The molecule has 2 N–H and O–H groups in total. The summed E-state index contributed by atoms with van der Waals surface area (Å²) < 4.78 is 5.18. The molecule has 0 aromatic heterocycles. The second-order valence-electron chi connectivity index (χ2n) is 6.25. The third-order valence-corrected chi connectivity index (χ3v) is 4.41. The van der Waals surface area contributed by atoms with Gasteiger partial charge >= 0.3 is 12.0 Å². The number of hydrogen-bond acceptors (Lipinski definition) is 3. The lowest BCUT2D eigenvalue weighted by Crippen LogP contribution is -2.52. The molecule has 1 saturated heterocycles. The zero-order chi connectivity index (χ0) is 18.4. The van der Waals surface area contributed by atoms with Crippen LogP contribution >= 0.6 is 0 Å². The van der Waals surface area contributed by atoms with E-state index in [1.54, 1.807) is 0 Å². The monoisotopic (exact) mass is 354 g/mol. The minimum Gasteiger partial charge on any atom is -0.479 e. The second-order valence-corrected chi connectivity index (χ2v) is 6.25. The van der Waals surface area contributed by atoms with E-state index in [-0.39, 0.29) is 25.2 Å². The quantitative estimate of drug-likeness (QED) is 0.865. The number of amides is 2. The Kier molecular flexibility index (Phi) is 5.86. The highest BCUT2D eigenvalue weighted by molar-refractivity contribution is 5.77. The smallest absolute Gasteiger partial charge is 0.334 e. The van der Waals surface area contributed by atoms with Gasteiger partial charge in [0.15, 0.2) is 6.10 Å². The summed E-state index contributed by atoms with van der Waals surface area (Å²) in [6.07, 6.45) is -0.317. The summed E-state index contributed by atoms with van der Waals surface area (Å²) in [7, 11) is 0. The van der Waals surface area contributed by atoms with Gasteiger partial charge in [-0.3, -0.25) is 0 Å². The predicted octanol–water partition coefficient (Wildman–Crippen LogP) is 2.47. The van der Waals surface area contributed by atoms with E-state index in [2.05, 4.69) is 5.32 Å². The fourth-order valence-electron chi connectivity index (χ4n) is 3.01. The molecule has 2 amide bonds. The van der Waals surface area contributed by atoms with Gasteiger partial charge in [0.2, 0.25) is 0 Å². The van der Waals surface area contributed by atoms with Gasteiger partial charge in [-0.1, -0.05) is 60.7 Å². The molecule has 1 heterocycles. The molecule has 6 heteroatoms. The minimum atomic E-state index is -1.05. The molecule has 2 unspecified atom stereocenters. The van der Waals surface area contributed by atoms with Crippen LogP contribution in [0.5, 0.6) is 0 Å². The Bertz CT molecular complexity index is 736. The molecule has 1 fully saturated rings. The van der Waals surface area contributed by atoms with Crippen LogP contribution in [0.4, 0.5) is 4.79 Å². The first-order chi connectivity index (χ1) is 12.6. The van der Waals surface area contributed by atoms with Crippen LogP contribution in [0.15, 0.2) is 60.7 Å². The molecule has 0 saturated carbocycles. The van der Waals surface area contributed by atoms with Gasteiger partial charge in [0, 0.05) is 6.54 Å². The van der Waals surface area contributed by atoms with Crippen LogP contribution in [0, 0.1) is 0 Å². The molecule has 2 aromatic rings. The summed E-state index contributed by atoms with van der Waals surface area (Å²) in [6, 6.07) is 19.3. The lowest BCUT2D eigenvalue weighted by atomic mass is 9.99. The number of hydrogen-bond donors (Lipinski definition) is 2. The third kappa shape index (κ3) is 4.61. The van der Waals surface area contributed by atoms with Crippen molar-refractivity contribution in [3.63, 3.8) is 0 Å². The summed E-state index contributed by atoms with van der Waals surface area (Å²) in [5.41, 5.74) is 2.12. The van der Waals surface area contributed by atoms with Gasteiger partial charge in [0.25, 0.3) is 0 Å². The van der Waals surface area contributed by atoms with Crippen LogP contribution in [0.25, 0.3) is 0 Å². The number of urea groups is 1. The minimum absolute atomic E-state index is 0.0496. The van der Waals surface area contributed by atoms with E-state index in [9.17, 15) is 9.59 Å². The molecule has 0 bridgehead atoms. The van der Waals surface area contributed by atoms with Crippen LogP contribution in [0.3, 0.4) is 0 Å². The highest BCUT2D eigenvalue weighted by Crippen LogP contribution is 2.19. The number of carbonyl (C=O) groups is 2. The van der Waals surface area contributed by atoms with Crippen molar-refractivity contribution in [3.8, 4) is 0 Å². The number of ether oxygens (including phenoxy) is 1. The molecule has 2 atom stereocenters. The molecule has 136 valence electrons. The predicted molar refractivity (Wildman–Crippen MR) is 96.8 cm³/mol. The lowest BCUT2D eigenvalue weighted by molar-refractivity contribution is -0.154. The molecule has 26 heavy (non-hydrogen) atoms. The van der Waals surface area contributed by atoms with Crippen molar-refractivity contribution in [3.05, 3.63) is 71.8 Å². The molecule has 0 aliphatic carbocycles. The van der Waals surface area contributed by atoms with Crippen LogP contribution < -0.4 is 5.32 Å². The van der Waals surface area contributed by atoms with Crippen molar-refractivity contribution in [1.82, 2.24) is 10.2 Å². The molecular formula is C20H22N2O4. The Hall–Kier alpha value is -2.86. The maximum atomic E-state index is 12.7. The molecule has 3 rings (SSSR count). The van der Waals surface area contributed by atoms with Crippen molar-refractivity contribution in [2.75, 3.05) is 19.7 Å². The number of benzene rings is 2. The average molecular weight is 354 g/mol.